The van der Waals surface area contributed by atoms with Crippen molar-refractivity contribution in [2.45, 2.75) is 19.8 Å². The van der Waals surface area contributed by atoms with Crippen LogP contribution in [0, 0.1) is 0 Å². The lowest BCUT2D eigenvalue weighted by Gasteiger charge is -2.27. The molecule has 1 aliphatic rings. The molecule has 1 heterocycles. The van der Waals surface area contributed by atoms with Crippen molar-refractivity contribution in [1.29, 1.82) is 0 Å². The third-order valence-corrected chi connectivity index (χ3v) is 3.08. The molecule has 4 heteroatoms. The minimum absolute atomic E-state index is 0.0261. The molecule has 1 N–H and O–H groups in total. The van der Waals surface area contributed by atoms with E-state index in [0.717, 1.165) is 18.5 Å². The van der Waals surface area contributed by atoms with Crippen LogP contribution in [0.25, 0.3) is 0 Å². The number of aryl methyl sites for hydroxylation is 1. The van der Waals surface area contributed by atoms with Gasteiger partial charge in [0.2, 0.25) is 0 Å². The van der Waals surface area contributed by atoms with Crippen LogP contribution < -0.4 is 5.32 Å². The SMILES string of the molecule is CCCc1ccccc1NC(=O)N1CCOCC1. The van der Waals surface area contributed by atoms with Crippen LogP contribution in [0.5, 0.6) is 0 Å². The van der Waals surface area contributed by atoms with Crippen LogP contribution in [0.4, 0.5) is 10.5 Å². The lowest BCUT2D eigenvalue weighted by Crippen LogP contribution is -2.43. The number of carbonyl (C=O) groups excluding carboxylic acids is 1. The van der Waals surface area contributed by atoms with Gasteiger partial charge in [0, 0.05) is 18.8 Å². The maximum Gasteiger partial charge on any atom is 0.322 e. The molecule has 0 unspecified atom stereocenters. The van der Waals surface area contributed by atoms with Gasteiger partial charge in [-0.3, -0.25) is 0 Å². The zero-order valence-electron chi connectivity index (χ0n) is 10.8. The van der Waals surface area contributed by atoms with Gasteiger partial charge in [-0.25, -0.2) is 4.79 Å². The number of urea groups is 1. The van der Waals surface area contributed by atoms with Gasteiger partial charge in [0.15, 0.2) is 0 Å². The number of hydrogen-bond acceptors (Lipinski definition) is 2. The summed E-state index contributed by atoms with van der Waals surface area (Å²) < 4.78 is 5.24. The summed E-state index contributed by atoms with van der Waals surface area (Å²) in [5.74, 6) is 0. The van der Waals surface area contributed by atoms with Gasteiger partial charge in [-0.1, -0.05) is 31.5 Å². The van der Waals surface area contributed by atoms with Gasteiger partial charge < -0.3 is 15.0 Å². The monoisotopic (exact) mass is 248 g/mol. The van der Waals surface area contributed by atoms with Crippen molar-refractivity contribution < 1.29 is 9.53 Å². The average molecular weight is 248 g/mol. The molecule has 1 aromatic rings. The molecule has 0 atom stereocenters. The van der Waals surface area contributed by atoms with Crippen LogP contribution in [-0.4, -0.2) is 37.2 Å². The highest BCUT2D eigenvalue weighted by Crippen LogP contribution is 2.17. The molecule has 0 saturated carbocycles. The first-order valence-corrected chi connectivity index (χ1v) is 6.53. The Morgan fingerprint density at radius 1 is 1.33 bits per heavy atom. The standard InChI is InChI=1S/C14H20N2O2/c1-2-5-12-6-3-4-7-13(12)15-14(17)16-8-10-18-11-9-16/h3-4,6-7H,2,5,8-11H2,1H3,(H,15,17). The van der Waals surface area contributed by atoms with E-state index in [4.69, 9.17) is 4.74 Å². The van der Waals surface area contributed by atoms with Crippen molar-refractivity contribution in [3.8, 4) is 0 Å². The number of nitrogens with one attached hydrogen (secondary N) is 1. The molecule has 1 saturated heterocycles. The first-order valence-electron chi connectivity index (χ1n) is 6.53. The maximum atomic E-state index is 12.1. The second-order valence-corrected chi connectivity index (χ2v) is 4.44. The van der Waals surface area contributed by atoms with Gasteiger partial charge in [-0.15, -0.1) is 0 Å². The lowest BCUT2D eigenvalue weighted by molar-refractivity contribution is 0.0564. The Hall–Kier alpha value is -1.55. The highest BCUT2D eigenvalue weighted by Gasteiger charge is 2.17. The van der Waals surface area contributed by atoms with E-state index < -0.39 is 0 Å². The van der Waals surface area contributed by atoms with Crippen molar-refractivity contribution in [2.75, 3.05) is 31.6 Å². The molecule has 18 heavy (non-hydrogen) atoms. The molecule has 0 bridgehead atoms. The highest BCUT2D eigenvalue weighted by atomic mass is 16.5. The Bertz CT molecular complexity index is 401. The summed E-state index contributed by atoms with van der Waals surface area (Å²) in [7, 11) is 0. The normalized spacial score (nSPS) is 15.5. The van der Waals surface area contributed by atoms with Gasteiger partial charge in [-0.2, -0.15) is 0 Å². The van der Waals surface area contributed by atoms with E-state index in [-0.39, 0.29) is 6.03 Å². The summed E-state index contributed by atoms with van der Waals surface area (Å²) in [5, 5.41) is 3.00. The summed E-state index contributed by atoms with van der Waals surface area (Å²) >= 11 is 0. The van der Waals surface area contributed by atoms with E-state index in [1.807, 2.05) is 18.2 Å². The zero-order chi connectivity index (χ0) is 12.8. The topological polar surface area (TPSA) is 41.6 Å². The molecule has 1 aliphatic heterocycles. The molecular weight excluding hydrogens is 228 g/mol. The molecule has 0 spiro atoms. The molecular formula is C14H20N2O2. The van der Waals surface area contributed by atoms with Crippen molar-refractivity contribution in [3.05, 3.63) is 29.8 Å². The zero-order valence-corrected chi connectivity index (χ0v) is 10.8. The Kier molecular flexibility index (Phi) is 4.59. The number of anilines is 1. The van der Waals surface area contributed by atoms with E-state index in [1.165, 1.54) is 5.56 Å². The lowest BCUT2D eigenvalue weighted by atomic mass is 10.1. The molecule has 98 valence electrons. The summed E-state index contributed by atoms with van der Waals surface area (Å²) in [5.41, 5.74) is 2.12. The first kappa shape index (κ1) is 12.9. The minimum atomic E-state index is -0.0261. The Balaban J connectivity index is 2.01. The number of para-hydroxylation sites is 1. The minimum Gasteiger partial charge on any atom is -0.378 e. The smallest absolute Gasteiger partial charge is 0.322 e. The predicted molar refractivity (Wildman–Crippen MR) is 71.8 cm³/mol. The van der Waals surface area contributed by atoms with Gasteiger partial charge in [0.25, 0.3) is 0 Å². The van der Waals surface area contributed by atoms with Crippen molar-refractivity contribution >= 4 is 11.7 Å². The quantitative estimate of drug-likeness (QED) is 0.893. The second kappa shape index (κ2) is 6.40. The fourth-order valence-electron chi connectivity index (χ4n) is 2.09. The second-order valence-electron chi connectivity index (χ2n) is 4.44. The number of benzene rings is 1. The molecule has 1 fully saturated rings. The van der Waals surface area contributed by atoms with Crippen LogP contribution >= 0.6 is 0 Å². The number of nitrogens with zero attached hydrogens (tertiary/aromatic N) is 1. The molecule has 2 amide bonds. The Morgan fingerprint density at radius 3 is 2.78 bits per heavy atom. The van der Waals surface area contributed by atoms with Crippen LogP contribution in [0.15, 0.2) is 24.3 Å². The summed E-state index contributed by atoms with van der Waals surface area (Å²) in [6, 6.07) is 7.97. The third-order valence-electron chi connectivity index (χ3n) is 3.08. The van der Waals surface area contributed by atoms with Crippen molar-refractivity contribution in [1.82, 2.24) is 4.90 Å². The van der Waals surface area contributed by atoms with Crippen LogP contribution in [0.3, 0.4) is 0 Å². The number of rotatable bonds is 3. The van der Waals surface area contributed by atoms with Gasteiger partial charge >= 0.3 is 6.03 Å². The van der Waals surface area contributed by atoms with Crippen molar-refractivity contribution in [3.63, 3.8) is 0 Å². The van der Waals surface area contributed by atoms with Crippen LogP contribution in [0.1, 0.15) is 18.9 Å². The van der Waals surface area contributed by atoms with Crippen LogP contribution in [0.2, 0.25) is 0 Å². The summed E-state index contributed by atoms with van der Waals surface area (Å²) in [6.07, 6.45) is 2.06. The van der Waals surface area contributed by atoms with Crippen LogP contribution in [-0.2, 0) is 11.2 Å². The largest absolute Gasteiger partial charge is 0.378 e. The molecule has 4 nitrogen and oxygen atoms in total. The maximum absolute atomic E-state index is 12.1. The average Bonchev–Trinajstić information content (AvgIpc) is 2.42. The third kappa shape index (κ3) is 3.23. The fraction of sp³-hybridized carbons (Fsp3) is 0.500. The van der Waals surface area contributed by atoms with E-state index in [0.29, 0.717) is 26.3 Å². The molecule has 0 radical (unpaired) electrons. The summed E-state index contributed by atoms with van der Waals surface area (Å²) in [4.78, 5) is 13.9. The van der Waals surface area contributed by atoms with E-state index >= 15 is 0 Å². The number of ether oxygens (including phenoxy) is 1. The highest BCUT2D eigenvalue weighted by molar-refractivity contribution is 5.90. The first-order chi connectivity index (χ1) is 8.81. The van der Waals surface area contributed by atoms with Gasteiger partial charge in [0.05, 0.1) is 13.2 Å². The van der Waals surface area contributed by atoms with E-state index in [9.17, 15) is 4.79 Å². The predicted octanol–water partition coefficient (Wildman–Crippen LogP) is 2.50. The van der Waals surface area contributed by atoms with Gasteiger partial charge in [-0.05, 0) is 18.1 Å². The fourth-order valence-corrected chi connectivity index (χ4v) is 2.09. The molecule has 1 aromatic carbocycles. The Labute approximate surface area is 108 Å². The number of morpholine rings is 1. The van der Waals surface area contributed by atoms with Gasteiger partial charge in [0.1, 0.15) is 0 Å². The molecule has 0 aliphatic carbocycles. The molecule has 0 aromatic heterocycles. The Morgan fingerprint density at radius 2 is 2.06 bits per heavy atom. The summed E-state index contributed by atoms with van der Waals surface area (Å²) in [6.45, 7) is 4.73. The molecule has 2 rings (SSSR count). The number of carbonyl (C=O) groups is 1. The number of amides is 2. The van der Waals surface area contributed by atoms with Crippen molar-refractivity contribution in [2.24, 2.45) is 0 Å². The van der Waals surface area contributed by atoms with E-state index in [2.05, 4.69) is 18.3 Å². The number of hydrogen-bond donors (Lipinski definition) is 1. The van der Waals surface area contributed by atoms with E-state index in [1.54, 1.807) is 4.90 Å².